The van der Waals surface area contributed by atoms with Crippen molar-refractivity contribution in [3.8, 4) is 0 Å². The molecule has 2 heterocycles. The molecular weight excluding hydrogens is 318 g/mol. The summed E-state index contributed by atoms with van der Waals surface area (Å²) in [6, 6.07) is 0.712. The van der Waals surface area contributed by atoms with E-state index in [9.17, 15) is 4.79 Å². The Bertz CT molecular complexity index is 497. The van der Waals surface area contributed by atoms with Gasteiger partial charge in [-0.05, 0) is 55.0 Å². The zero-order valence-electron chi connectivity index (χ0n) is 12.1. The van der Waals surface area contributed by atoms with Crippen molar-refractivity contribution >= 4 is 21.7 Å². The molecule has 20 heavy (non-hydrogen) atoms. The van der Waals surface area contributed by atoms with Crippen molar-refractivity contribution < 1.29 is 4.79 Å². The van der Waals surface area contributed by atoms with Crippen LogP contribution in [-0.2, 0) is 0 Å². The van der Waals surface area contributed by atoms with Gasteiger partial charge in [0, 0.05) is 12.1 Å². The van der Waals surface area contributed by atoms with E-state index >= 15 is 0 Å². The van der Waals surface area contributed by atoms with Crippen molar-refractivity contribution in [2.75, 3.05) is 0 Å². The lowest BCUT2D eigenvalue weighted by molar-refractivity contribution is 0.0935. The Labute approximate surface area is 128 Å². The summed E-state index contributed by atoms with van der Waals surface area (Å²) < 4.78 is 2.64. The average molecular weight is 340 g/mol. The van der Waals surface area contributed by atoms with Crippen molar-refractivity contribution in [3.05, 3.63) is 16.4 Å². The van der Waals surface area contributed by atoms with Crippen LogP contribution in [0.4, 0.5) is 0 Å². The number of hydrogen-bond acceptors (Lipinski definition) is 3. The van der Waals surface area contributed by atoms with Crippen LogP contribution in [0.5, 0.6) is 0 Å². The Kier molecular flexibility index (Phi) is 4.00. The fraction of sp³-hybridized carbons (Fsp3) is 0.733. The van der Waals surface area contributed by atoms with Crippen LogP contribution in [0.3, 0.4) is 0 Å². The summed E-state index contributed by atoms with van der Waals surface area (Å²) in [5.74, 6) is 0.879. The molecule has 1 saturated heterocycles. The van der Waals surface area contributed by atoms with Crippen LogP contribution in [0.15, 0.2) is 10.7 Å². The van der Waals surface area contributed by atoms with Crippen LogP contribution < -0.4 is 5.32 Å². The first-order valence-electron chi connectivity index (χ1n) is 7.61. The van der Waals surface area contributed by atoms with Crippen LogP contribution >= 0.6 is 15.9 Å². The van der Waals surface area contributed by atoms with E-state index in [2.05, 4.69) is 40.2 Å². The van der Waals surface area contributed by atoms with Gasteiger partial charge in [-0.15, -0.1) is 0 Å². The number of rotatable bonds is 3. The second-order valence-corrected chi connectivity index (χ2v) is 7.20. The topological polar surface area (TPSA) is 46.9 Å². The Morgan fingerprint density at radius 1 is 1.45 bits per heavy atom. The minimum Gasteiger partial charge on any atom is -0.304 e. The van der Waals surface area contributed by atoms with Gasteiger partial charge >= 0.3 is 0 Å². The largest absolute Gasteiger partial charge is 0.304 e. The second-order valence-electron chi connectivity index (χ2n) is 6.35. The quantitative estimate of drug-likeness (QED) is 0.859. The van der Waals surface area contributed by atoms with Crippen LogP contribution in [-0.4, -0.2) is 27.6 Å². The first-order chi connectivity index (χ1) is 9.58. The normalized spacial score (nSPS) is 29.7. The molecule has 3 rings (SSSR count). The first-order valence-corrected chi connectivity index (χ1v) is 8.40. The molecule has 3 atom stereocenters. The molecule has 1 aromatic heterocycles. The van der Waals surface area contributed by atoms with E-state index in [1.165, 1.54) is 25.7 Å². The molecular formula is C15H22BrN3O. The third kappa shape index (κ3) is 2.46. The molecule has 1 saturated carbocycles. The highest BCUT2D eigenvalue weighted by Crippen LogP contribution is 2.35. The zero-order valence-corrected chi connectivity index (χ0v) is 13.7. The van der Waals surface area contributed by atoms with Crippen molar-refractivity contribution in [3.63, 3.8) is 0 Å². The smallest absolute Gasteiger partial charge is 0.198 e. The van der Waals surface area contributed by atoms with Crippen molar-refractivity contribution in [2.45, 2.75) is 64.1 Å². The number of hydrogen-bond donors (Lipinski definition) is 1. The molecule has 4 nitrogen and oxygen atoms in total. The van der Waals surface area contributed by atoms with E-state index in [0.29, 0.717) is 12.0 Å². The summed E-state index contributed by atoms with van der Waals surface area (Å²) in [4.78, 5) is 12.8. The number of aromatic nitrogens is 2. The maximum absolute atomic E-state index is 12.8. The Hall–Kier alpha value is -0.680. The number of Topliss-reactive ketones (excluding diaryl/α,β-unsaturated/α-hetero) is 1. The van der Waals surface area contributed by atoms with Crippen molar-refractivity contribution in [1.29, 1.82) is 0 Å². The van der Waals surface area contributed by atoms with Gasteiger partial charge in [0.2, 0.25) is 0 Å². The molecule has 2 aliphatic rings. The van der Waals surface area contributed by atoms with Gasteiger partial charge < -0.3 is 5.32 Å². The highest BCUT2D eigenvalue weighted by Gasteiger charge is 2.39. The third-order valence-electron chi connectivity index (χ3n) is 4.65. The van der Waals surface area contributed by atoms with Crippen LogP contribution in [0.2, 0.25) is 0 Å². The molecule has 110 valence electrons. The summed E-state index contributed by atoms with van der Waals surface area (Å²) >= 11 is 3.48. The number of nitrogens with zero attached hydrogens (tertiary/aromatic N) is 2. The summed E-state index contributed by atoms with van der Waals surface area (Å²) in [7, 11) is 0. The van der Waals surface area contributed by atoms with Crippen LogP contribution in [0.1, 0.15) is 62.5 Å². The van der Waals surface area contributed by atoms with Crippen LogP contribution in [0, 0.1) is 5.92 Å². The molecule has 0 aromatic carbocycles. The van der Waals surface area contributed by atoms with Gasteiger partial charge in [0.15, 0.2) is 5.78 Å². The molecule has 1 aliphatic carbocycles. The molecule has 5 heteroatoms. The van der Waals surface area contributed by atoms with Crippen LogP contribution in [0.25, 0.3) is 0 Å². The Balaban J connectivity index is 1.81. The molecule has 1 N–H and O–H groups in total. The van der Waals surface area contributed by atoms with Crippen molar-refractivity contribution in [1.82, 2.24) is 15.1 Å². The standard InChI is InChI=1S/C15H22BrN3O/c1-9(2)19-14(11(16)8-17-19)15(20)13-7-10-5-3-4-6-12(10)18-13/h8-10,12-13,18H,3-7H2,1-2H3. The van der Waals surface area contributed by atoms with E-state index in [-0.39, 0.29) is 17.9 Å². The lowest BCUT2D eigenvalue weighted by Gasteiger charge is -2.24. The first kappa shape index (κ1) is 14.3. The molecule has 0 spiro atoms. The Morgan fingerprint density at radius 3 is 2.90 bits per heavy atom. The van der Waals surface area contributed by atoms with E-state index < -0.39 is 0 Å². The summed E-state index contributed by atoms with van der Waals surface area (Å²) in [6.45, 7) is 4.11. The van der Waals surface area contributed by atoms with Gasteiger partial charge in [-0.3, -0.25) is 9.48 Å². The van der Waals surface area contributed by atoms with Gasteiger partial charge in [-0.2, -0.15) is 5.10 Å². The highest BCUT2D eigenvalue weighted by atomic mass is 79.9. The minimum atomic E-state index is -0.0337. The minimum absolute atomic E-state index is 0.0337. The fourth-order valence-corrected chi connectivity index (χ4v) is 4.12. The zero-order chi connectivity index (χ0) is 14.3. The molecule has 1 aliphatic heterocycles. The third-order valence-corrected chi connectivity index (χ3v) is 5.23. The maximum atomic E-state index is 12.8. The fourth-order valence-electron chi connectivity index (χ4n) is 3.65. The SMILES string of the molecule is CC(C)n1ncc(Br)c1C(=O)C1CC2CCCCC2N1. The van der Waals surface area contributed by atoms with Crippen molar-refractivity contribution in [2.24, 2.45) is 5.92 Å². The lowest BCUT2D eigenvalue weighted by atomic mass is 9.84. The molecule has 0 amide bonds. The average Bonchev–Trinajstić information content (AvgIpc) is 3.01. The summed E-state index contributed by atoms with van der Waals surface area (Å²) in [5.41, 5.74) is 0.719. The molecule has 1 aromatic rings. The van der Waals surface area contributed by atoms with Gasteiger partial charge in [0.1, 0.15) is 5.69 Å². The number of ketones is 1. The molecule has 0 radical (unpaired) electrons. The van der Waals surface area contributed by atoms with Gasteiger partial charge in [0.05, 0.1) is 16.7 Å². The number of halogens is 1. The highest BCUT2D eigenvalue weighted by molar-refractivity contribution is 9.10. The van der Waals surface area contributed by atoms with E-state index in [1.807, 2.05) is 4.68 Å². The van der Waals surface area contributed by atoms with Gasteiger partial charge in [-0.1, -0.05) is 12.8 Å². The number of nitrogens with one attached hydrogen (secondary N) is 1. The summed E-state index contributed by atoms with van der Waals surface area (Å²) in [6.07, 6.45) is 7.82. The predicted octanol–water partition coefficient (Wildman–Crippen LogP) is 3.33. The molecule has 0 bridgehead atoms. The van der Waals surface area contributed by atoms with E-state index in [4.69, 9.17) is 0 Å². The molecule has 3 unspecified atom stereocenters. The Morgan fingerprint density at radius 2 is 2.20 bits per heavy atom. The number of fused-ring (bicyclic) bond motifs is 1. The molecule has 2 fully saturated rings. The monoisotopic (exact) mass is 339 g/mol. The number of carbonyl (C=O) groups is 1. The van der Waals surface area contributed by atoms with Gasteiger partial charge in [-0.25, -0.2) is 0 Å². The lowest BCUT2D eigenvalue weighted by Crippen LogP contribution is -2.38. The van der Waals surface area contributed by atoms with Gasteiger partial charge in [0.25, 0.3) is 0 Å². The predicted molar refractivity (Wildman–Crippen MR) is 81.9 cm³/mol. The van der Waals surface area contributed by atoms with E-state index in [0.717, 1.165) is 16.6 Å². The summed E-state index contributed by atoms with van der Waals surface area (Å²) in [5, 5.41) is 7.88. The van der Waals surface area contributed by atoms with E-state index in [1.54, 1.807) is 6.20 Å². The maximum Gasteiger partial charge on any atom is 0.198 e. The second kappa shape index (κ2) is 5.60. The number of carbonyl (C=O) groups excluding carboxylic acids is 1.